The second-order valence-corrected chi connectivity index (χ2v) is 9.53. The predicted octanol–water partition coefficient (Wildman–Crippen LogP) is 0.304. The number of hydrogen-bond acceptors (Lipinski definition) is 5. The average molecular weight is 614 g/mol. The minimum Gasteiger partial charge on any atom is -0.353 e. The normalized spacial score (nSPS) is 13.1. The molecular weight excluding hydrogens is 578 g/mol. The Morgan fingerprint density at radius 3 is 2.14 bits per heavy atom. The summed E-state index contributed by atoms with van der Waals surface area (Å²) in [5.74, 6) is -1.69. The molecule has 0 spiro atoms. The lowest BCUT2D eigenvalue weighted by Crippen LogP contribution is -2.56. The first-order valence-electron chi connectivity index (χ1n) is 11.9. The number of carbonyl (C=O) groups excluding carboxylic acids is 5. The van der Waals surface area contributed by atoms with Gasteiger partial charge in [-0.15, -0.1) is 0 Å². The third-order valence-corrected chi connectivity index (χ3v) is 6.08. The molecule has 7 N–H and O–H groups in total. The second kappa shape index (κ2) is 16.0. The maximum Gasteiger partial charge on any atom is 0.312 e. The Kier molecular flexibility index (Phi) is 13.9. The molecule has 0 aliphatic carbocycles. The Morgan fingerprint density at radius 2 is 1.61 bits per heavy atom. The predicted molar refractivity (Wildman–Crippen MR) is 150 cm³/mol. The van der Waals surface area contributed by atoms with Crippen LogP contribution in [0.25, 0.3) is 0 Å². The van der Waals surface area contributed by atoms with Crippen LogP contribution in [-0.2, 0) is 14.4 Å². The lowest BCUT2D eigenvalue weighted by molar-refractivity contribution is -0.131. The Hall–Kier alpha value is -2.84. The Balaban J connectivity index is 2.90. The van der Waals surface area contributed by atoms with Crippen molar-refractivity contribution in [3.63, 3.8) is 0 Å². The number of rotatable bonds is 14. The largest absolute Gasteiger partial charge is 0.353 e. The number of primary amides is 1. The molecule has 3 atom stereocenters. The average Bonchev–Trinajstić information content (AvgIpc) is 2.83. The number of nitrogens with one attached hydrogen (secondary N) is 5. The number of amides is 6. The minimum absolute atomic E-state index is 0.0779. The molecule has 1 rings (SSSR count). The van der Waals surface area contributed by atoms with Crippen molar-refractivity contribution >= 4 is 65.8 Å². The topological polar surface area (TPSA) is 172 Å². The van der Waals surface area contributed by atoms with Gasteiger partial charge in [0.05, 0.1) is 4.43 Å². The molecule has 0 aromatic heterocycles. The Morgan fingerprint density at radius 1 is 0.972 bits per heavy atom. The summed E-state index contributed by atoms with van der Waals surface area (Å²) < 4.78 is 0.309. The van der Waals surface area contributed by atoms with Gasteiger partial charge in [-0.3, -0.25) is 19.2 Å². The SMILES string of the molecule is BC[C@@H](C)NC(=O)[C@H](CCCNC(N)=O)NC(=O)C(NC(=O)c1ccc(NC(=O)CI)cc1)C(C)C. The maximum absolute atomic E-state index is 13.1. The van der Waals surface area contributed by atoms with Crippen molar-refractivity contribution in [3.05, 3.63) is 29.8 Å². The van der Waals surface area contributed by atoms with Gasteiger partial charge in [0.2, 0.25) is 17.7 Å². The molecule has 0 radical (unpaired) electrons. The molecule has 0 aliphatic heterocycles. The van der Waals surface area contributed by atoms with Crippen molar-refractivity contribution in [1.82, 2.24) is 21.3 Å². The fraction of sp³-hybridized carbons (Fsp3) is 0.522. The standard InChI is InChI=1S/C23H36BIN6O5/c1-13(2)19(31-20(33)15-6-8-16(9-7-15)29-18(32)12-25)22(35)30-17(5-4-10-27-23(26)36)21(34)28-14(3)11-24/h6-9,13-14,17,19H,4-5,10-12,24H2,1-3H3,(H,28,34)(H,29,32)(H,30,35)(H,31,33)(H3,26,27,36)/t14-,17+,19?/m1/s1. The molecule has 0 fully saturated rings. The van der Waals surface area contributed by atoms with E-state index in [0.717, 1.165) is 6.32 Å². The highest BCUT2D eigenvalue weighted by Crippen LogP contribution is 2.12. The molecule has 198 valence electrons. The van der Waals surface area contributed by atoms with E-state index >= 15 is 0 Å². The zero-order valence-electron chi connectivity index (χ0n) is 21.2. The van der Waals surface area contributed by atoms with E-state index in [4.69, 9.17) is 5.73 Å². The maximum atomic E-state index is 13.1. The van der Waals surface area contributed by atoms with Crippen molar-refractivity contribution in [1.29, 1.82) is 0 Å². The van der Waals surface area contributed by atoms with Crippen LogP contribution >= 0.6 is 22.6 Å². The summed E-state index contributed by atoms with van der Waals surface area (Å²) in [6.07, 6.45) is 1.42. The van der Waals surface area contributed by atoms with Gasteiger partial charge in [0.25, 0.3) is 5.91 Å². The van der Waals surface area contributed by atoms with Crippen LogP contribution in [0.15, 0.2) is 24.3 Å². The van der Waals surface area contributed by atoms with E-state index in [-0.39, 0.29) is 36.7 Å². The number of carbonyl (C=O) groups is 5. The lowest BCUT2D eigenvalue weighted by Gasteiger charge is -2.26. The van der Waals surface area contributed by atoms with Crippen molar-refractivity contribution in [2.24, 2.45) is 11.7 Å². The first-order valence-corrected chi connectivity index (χ1v) is 13.4. The summed E-state index contributed by atoms with van der Waals surface area (Å²) in [5.41, 5.74) is 5.96. The van der Waals surface area contributed by atoms with E-state index in [0.29, 0.717) is 22.1 Å². The van der Waals surface area contributed by atoms with Gasteiger partial charge in [0.15, 0.2) is 0 Å². The highest BCUT2D eigenvalue weighted by Gasteiger charge is 2.29. The fourth-order valence-electron chi connectivity index (χ4n) is 3.15. The van der Waals surface area contributed by atoms with Crippen molar-refractivity contribution in [3.8, 4) is 0 Å². The summed E-state index contributed by atoms with van der Waals surface area (Å²) >= 11 is 1.95. The molecule has 1 aromatic rings. The van der Waals surface area contributed by atoms with Crippen LogP contribution in [-0.4, -0.2) is 66.6 Å². The van der Waals surface area contributed by atoms with Gasteiger partial charge < -0.3 is 32.3 Å². The third-order valence-electron chi connectivity index (χ3n) is 5.39. The van der Waals surface area contributed by atoms with Gasteiger partial charge in [-0.05, 0) is 49.9 Å². The van der Waals surface area contributed by atoms with E-state index in [9.17, 15) is 24.0 Å². The van der Waals surface area contributed by atoms with Crippen LogP contribution in [0.3, 0.4) is 0 Å². The van der Waals surface area contributed by atoms with E-state index in [1.807, 2.05) is 37.4 Å². The molecule has 0 heterocycles. The quantitative estimate of drug-likeness (QED) is 0.0766. The molecule has 13 heteroatoms. The number of alkyl halides is 1. The first-order chi connectivity index (χ1) is 17.0. The molecule has 6 amide bonds. The molecular formula is C23H36BIN6O5. The van der Waals surface area contributed by atoms with Gasteiger partial charge in [0.1, 0.15) is 19.9 Å². The van der Waals surface area contributed by atoms with Gasteiger partial charge in [-0.25, -0.2) is 4.79 Å². The Bertz CT molecular complexity index is 915. The number of nitrogens with two attached hydrogens (primary N) is 1. The van der Waals surface area contributed by atoms with E-state index in [1.165, 1.54) is 0 Å². The van der Waals surface area contributed by atoms with Crippen LogP contribution in [0.1, 0.15) is 44.0 Å². The molecule has 1 aromatic carbocycles. The molecule has 11 nitrogen and oxygen atoms in total. The van der Waals surface area contributed by atoms with Crippen LogP contribution in [0.2, 0.25) is 6.32 Å². The van der Waals surface area contributed by atoms with Crippen molar-refractivity contribution < 1.29 is 24.0 Å². The number of halogens is 1. The number of anilines is 1. The molecule has 1 unspecified atom stereocenters. The highest BCUT2D eigenvalue weighted by molar-refractivity contribution is 14.1. The van der Waals surface area contributed by atoms with Crippen LogP contribution in [0, 0.1) is 5.92 Å². The van der Waals surface area contributed by atoms with Gasteiger partial charge in [-0.2, -0.15) is 0 Å². The summed E-state index contributed by atoms with van der Waals surface area (Å²) in [5, 5.41) is 13.5. The zero-order valence-corrected chi connectivity index (χ0v) is 23.3. The number of hydrogen-bond donors (Lipinski definition) is 6. The summed E-state index contributed by atoms with van der Waals surface area (Å²) in [4.78, 5) is 61.2. The van der Waals surface area contributed by atoms with E-state index in [2.05, 4.69) is 26.6 Å². The van der Waals surface area contributed by atoms with Crippen LogP contribution in [0.5, 0.6) is 0 Å². The van der Waals surface area contributed by atoms with Crippen molar-refractivity contribution in [2.45, 2.75) is 58.1 Å². The zero-order chi connectivity index (χ0) is 27.3. The van der Waals surface area contributed by atoms with E-state index < -0.39 is 29.9 Å². The number of benzene rings is 1. The second-order valence-electron chi connectivity index (χ2n) is 8.77. The summed E-state index contributed by atoms with van der Waals surface area (Å²) in [6, 6.07) is 3.85. The third kappa shape index (κ3) is 11.3. The molecule has 0 saturated carbocycles. The van der Waals surface area contributed by atoms with Gasteiger partial charge >= 0.3 is 6.03 Å². The van der Waals surface area contributed by atoms with Crippen LogP contribution in [0.4, 0.5) is 10.5 Å². The number of urea groups is 1. The smallest absolute Gasteiger partial charge is 0.312 e. The molecule has 0 saturated heterocycles. The summed E-state index contributed by atoms with van der Waals surface area (Å²) in [6.45, 7) is 5.70. The monoisotopic (exact) mass is 614 g/mol. The molecule has 36 heavy (non-hydrogen) atoms. The lowest BCUT2D eigenvalue weighted by atomic mass is 9.98. The first kappa shape index (κ1) is 31.2. The summed E-state index contributed by atoms with van der Waals surface area (Å²) in [7, 11) is 1.93. The van der Waals surface area contributed by atoms with Crippen LogP contribution < -0.4 is 32.3 Å². The Labute approximate surface area is 226 Å². The highest BCUT2D eigenvalue weighted by atomic mass is 127. The van der Waals surface area contributed by atoms with E-state index in [1.54, 1.807) is 38.1 Å². The molecule has 0 bridgehead atoms. The van der Waals surface area contributed by atoms with Gasteiger partial charge in [0, 0.05) is 23.8 Å². The molecule has 0 aliphatic rings. The fourth-order valence-corrected chi connectivity index (χ4v) is 3.34. The van der Waals surface area contributed by atoms with Crippen molar-refractivity contribution in [2.75, 3.05) is 16.3 Å². The van der Waals surface area contributed by atoms with Gasteiger partial charge in [-0.1, -0.05) is 42.8 Å². The minimum atomic E-state index is -0.890.